The smallest absolute Gasteiger partial charge is 0.377 e. The lowest BCUT2D eigenvalue weighted by Gasteiger charge is -2.23. The van der Waals surface area contributed by atoms with Gasteiger partial charge in [-0.15, -0.1) is 0 Å². The summed E-state index contributed by atoms with van der Waals surface area (Å²) in [6.07, 6.45) is 0. The van der Waals surface area contributed by atoms with Gasteiger partial charge in [0.2, 0.25) is 0 Å². The van der Waals surface area contributed by atoms with Gasteiger partial charge in [-0.3, -0.25) is 0 Å². The molecule has 0 aliphatic rings. The molecule has 0 bridgehead atoms. The molecule has 0 unspecified atom stereocenters. The summed E-state index contributed by atoms with van der Waals surface area (Å²) in [5.74, 6) is 0.349. The maximum Gasteiger partial charge on any atom is 0.500 e. The molecular weight excluding hydrogens is 168 g/mol. The van der Waals surface area contributed by atoms with Crippen LogP contribution in [0, 0.1) is 0 Å². The molecule has 0 N–H and O–H groups in total. The van der Waals surface area contributed by atoms with Gasteiger partial charge in [-0.2, -0.15) is 12.6 Å². The second-order valence-corrected chi connectivity index (χ2v) is 5.15. The van der Waals surface area contributed by atoms with Crippen LogP contribution in [0.2, 0.25) is 6.04 Å². The van der Waals surface area contributed by atoms with Gasteiger partial charge in [0.25, 0.3) is 0 Å². The first-order valence-corrected chi connectivity index (χ1v) is 5.66. The fraction of sp³-hybridized carbons (Fsp3) is 1.00. The lowest BCUT2D eigenvalue weighted by atomic mass is 11.0. The van der Waals surface area contributed by atoms with Crippen LogP contribution in [0.5, 0.6) is 0 Å². The highest BCUT2D eigenvalue weighted by Crippen LogP contribution is 2.12. The Morgan fingerprint density at radius 2 is 1.80 bits per heavy atom. The Hall–Kier alpha value is 0.447. The Labute approximate surface area is 68.4 Å². The van der Waals surface area contributed by atoms with Crippen molar-refractivity contribution in [3.05, 3.63) is 0 Å². The quantitative estimate of drug-likeness (QED) is 0.392. The molecule has 3 nitrogen and oxygen atoms in total. The van der Waals surface area contributed by atoms with Crippen LogP contribution < -0.4 is 0 Å². The first-order valence-electron chi connectivity index (χ1n) is 3.09. The highest BCUT2D eigenvalue weighted by Gasteiger charge is 2.35. The number of hydrogen-bond acceptors (Lipinski definition) is 4. The van der Waals surface area contributed by atoms with Gasteiger partial charge in [0, 0.05) is 20.3 Å². The molecule has 0 aromatic rings. The van der Waals surface area contributed by atoms with Crippen molar-refractivity contribution in [2.45, 2.75) is 13.0 Å². The molecule has 10 heavy (non-hydrogen) atoms. The molecule has 0 aliphatic carbocycles. The lowest BCUT2D eigenvalue weighted by Crippen LogP contribution is -2.42. The van der Waals surface area contributed by atoms with Crippen molar-refractivity contribution in [3.8, 4) is 0 Å². The Balaban J connectivity index is 3.87. The maximum atomic E-state index is 5.24. The third-order valence-corrected chi connectivity index (χ3v) is 4.41. The third kappa shape index (κ3) is 2.59. The predicted molar refractivity (Wildman–Crippen MR) is 45.2 cm³/mol. The molecule has 0 fully saturated rings. The molecule has 0 amide bonds. The van der Waals surface area contributed by atoms with Gasteiger partial charge in [-0.25, -0.2) is 0 Å². The summed E-state index contributed by atoms with van der Waals surface area (Å²) in [5.41, 5.74) is 0. The molecule has 0 aromatic carbocycles. The summed E-state index contributed by atoms with van der Waals surface area (Å²) in [6.45, 7) is 1.97. The maximum absolute atomic E-state index is 5.24. The minimum atomic E-state index is -2.29. The Bertz CT molecular complexity index is 78.7. The third-order valence-electron chi connectivity index (χ3n) is 1.34. The van der Waals surface area contributed by atoms with E-state index in [2.05, 4.69) is 12.6 Å². The first kappa shape index (κ1) is 10.4. The van der Waals surface area contributed by atoms with Crippen LogP contribution >= 0.6 is 12.6 Å². The average molecular weight is 182 g/mol. The van der Waals surface area contributed by atoms with Gasteiger partial charge in [0.1, 0.15) is 0 Å². The normalized spacial score (nSPS) is 12.0. The fourth-order valence-electron chi connectivity index (χ4n) is 0.690. The lowest BCUT2D eigenvalue weighted by molar-refractivity contribution is 0.120. The van der Waals surface area contributed by atoms with Gasteiger partial charge in [-0.05, 0) is 0 Å². The highest BCUT2D eigenvalue weighted by molar-refractivity contribution is 7.80. The van der Waals surface area contributed by atoms with Crippen molar-refractivity contribution in [2.75, 3.05) is 20.2 Å². The molecule has 5 heteroatoms. The van der Waals surface area contributed by atoms with Gasteiger partial charge < -0.3 is 13.3 Å². The van der Waals surface area contributed by atoms with Gasteiger partial charge in [0.05, 0.1) is 5.94 Å². The van der Waals surface area contributed by atoms with Gasteiger partial charge in [-0.1, -0.05) is 6.92 Å². The van der Waals surface area contributed by atoms with E-state index in [0.717, 1.165) is 6.04 Å². The summed E-state index contributed by atoms with van der Waals surface area (Å²) in [4.78, 5) is 0. The van der Waals surface area contributed by atoms with Crippen molar-refractivity contribution in [1.29, 1.82) is 0 Å². The molecule has 0 radical (unpaired) electrons. The molecule has 0 heterocycles. The topological polar surface area (TPSA) is 27.7 Å². The zero-order chi connectivity index (χ0) is 8.04. The summed E-state index contributed by atoms with van der Waals surface area (Å²) < 4.78 is 15.5. The summed E-state index contributed by atoms with van der Waals surface area (Å²) in [6, 6.07) is 0.778. The number of rotatable bonds is 5. The van der Waals surface area contributed by atoms with E-state index in [0.29, 0.717) is 5.94 Å². The first-order chi connectivity index (χ1) is 4.74. The van der Waals surface area contributed by atoms with Crippen LogP contribution in [-0.2, 0) is 13.3 Å². The Morgan fingerprint density at radius 1 is 1.30 bits per heavy atom. The van der Waals surface area contributed by atoms with Crippen LogP contribution in [-0.4, -0.2) is 29.0 Å². The zero-order valence-electron chi connectivity index (χ0n) is 6.59. The van der Waals surface area contributed by atoms with Crippen LogP contribution in [0.25, 0.3) is 0 Å². The Morgan fingerprint density at radius 3 is 1.90 bits per heavy atom. The van der Waals surface area contributed by atoms with E-state index in [1.165, 1.54) is 0 Å². The SMILES string of the molecule is CC[Si](OC)(OC)OCS. The molecule has 0 saturated carbocycles. The van der Waals surface area contributed by atoms with E-state index >= 15 is 0 Å². The standard InChI is InChI=1S/C5H14O3SSi/c1-4-10(6-2,7-3)8-5-9/h9H,4-5H2,1-3H3. The van der Waals surface area contributed by atoms with E-state index in [1.54, 1.807) is 14.2 Å². The van der Waals surface area contributed by atoms with Gasteiger partial charge >= 0.3 is 8.80 Å². The molecule has 0 saturated heterocycles. The summed E-state index contributed by atoms with van der Waals surface area (Å²) in [7, 11) is 0.906. The minimum Gasteiger partial charge on any atom is -0.377 e. The van der Waals surface area contributed by atoms with Crippen LogP contribution in [0.4, 0.5) is 0 Å². The summed E-state index contributed by atoms with van der Waals surface area (Å²) >= 11 is 3.93. The average Bonchev–Trinajstić information content (AvgIpc) is 2.01. The monoisotopic (exact) mass is 182 g/mol. The fourth-order valence-corrected chi connectivity index (χ4v) is 2.66. The van der Waals surface area contributed by atoms with Crippen molar-refractivity contribution in [2.24, 2.45) is 0 Å². The van der Waals surface area contributed by atoms with Crippen molar-refractivity contribution >= 4 is 21.4 Å². The molecule has 0 aliphatic heterocycles. The van der Waals surface area contributed by atoms with Gasteiger partial charge in [0.15, 0.2) is 0 Å². The van der Waals surface area contributed by atoms with Crippen molar-refractivity contribution in [3.63, 3.8) is 0 Å². The van der Waals surface area contributed by atoms with Crippen LogP contribution in [0.1, 0.15) is 6.92 Å². The Kier molecular flexibility index (Phi) is 5.37. The van der Waals surface area contributed by atoms with E-state index < -0.39 is 8.80 Å². The van der Waals surface area contributed by atoms with Crippen LogP contribution in [0.3, 0.4) is 0 Å². The van der Waals surface area contributed by atoms with Crippen molar-refractivity contribution < 1.29 is 13.3 Å². The molecule has 0 aromatic heterocycles. The largest absolute Gasteiger partial charge is 0.500 e. The molecule has 0 spiro atoms. The van der Waals surface area contributed by atoms with Crippen molar-refractivity contribution in [1.82, 2.24) is 0 Å². The highest BCUT2D eigenvalue weighted by atomic mass is 32.1. The summed E-state index contributed by atoms with van der Waals surface area (Å²) in [5, 5.41) is 0. The second-order valence-electron chi connectivity index (χ2n) is 1.72. The van der Waals surface area contributed by atoms with E-state index in [4.69, 9.17) is 13.3 Å². The van der Waals surface area contributed by atoms with Crippen LogP contribution in [0.15, 0.2) is 0 Å². The van der Waals surface area contributed by atoms with E-state index in [9.17, 15) is 0 Å². The molecule has 0 rings (SSSR count). The molecular formula is C5H14O3SSi. The molecule has 62 valence electrons. The predicted octanol–water partition coefficient (Wildman–Crippen LogP) is 1.14. The van der Waals surface area contributed by atoms with E-state index in [-0.39, 0.29) is 0 Å². The minimum absolute atomic E-state index is 0.349. The number of thiol groups is 1. The zero-order valence-corrected chi connectivity index (χ0v) is 8.48. The number of hydrogen-bond donors (Lipinski definition) is 1. The molecule has 0 atom stereocenters. The second kappa shape index (κ2) is 5.14. The van der Waals surface area contributed by atoms with E-state index in [1.807, 2.05) is 6.92 Å².